The Kier molecular flexibility index (Phi) is 11.3. The summed E-state index contributed by atoms with van der Waals surface area (Å²) in [5.74, 6) is 0. The van der Waals surface area contributed by atoms with Gasteiger partial charge in [0.15, 0.2) is 0 Å². The van der Waals surface area contributed by atoms with Crippen molar-refractivity contribution >= 4 is 172 Å². The summed E-state index contributed by atoms with van der Waals surface area (Å²) in [5, 5.41) is 2.49. The van der Waals surface area contributed by atoms with Gasteiger partial charge < -0.3 is 9.47 Å². The van der Waals surface area contributed by atoms with E-state index in [0.29, 0.717) is 0 Å². The van der Waals surface area contributed by atoms with Crippen molar-refractivity contribution in [1.29, 1.82) is 0 Å². The van der Waals surface area contributed by atoms with Gasteiger partial charge in [-0.3, -0.25) is 0 Å². The smallest absolute Gasteiger partial charge is 0.139 e. The summed E-state index contributed by atoms with van der Waals surface area (Å²) >= 11 is 0. The van der Waals surface area contributed by atoms with Gasteiger partial charge in [-0.25, -0.2) is 0 Å². The quantitative estimate of drug-likeness (QED) is 0.154. The fourth-order valence-corrected chi connectivity index (χ4v) is 10.6. The highest BCUT2D eigenvalue weighted by molar-refractivity contribution is 6.70. The molecule has 0 aliphatic rings. The normalized spacial score (nSPS) is 11.3. The zero-order chi connectivity index (χ0) is 46.0. The molecule has 0 N–H and O–H groups in total. The highest BCUT2D eigenvalue weighted by atomic mass is 15.1. The lowest BCUT2D eigenvalue weighted by Crippen LogP contribution is -2.55. The molecule has 66 heavy (non-hydrogen) atoms. The van der Waals surface area contributed by atoms with Crippen molar-refractivity contribution in [2.45, 2.75) is 0 Å². The molecule has 0 atom stereocenters. The van der Waals surface area contributed by atoms with Crippen LogP contribution in [0.25, 0.3) is 72.0 Å². The number of aromatic nitrogens is 1. The van der Waals surface area contributed by atoms with Crippen molar-refractivity contribution in [3.8, 4) is 50.2 Å². The van der Waals surface area contributed by atoms with E-state index in [9.17, 15) is 0 Å². The Labute approximate surface area is 399 Å². The van der Waals surface area contributed by atoms with Gasteiger partial charge in [0.25, 0.3) is 0 Å². The molecule has 10 rings (SSSR count). The monoisotopic (exact) mass is 834 g/mol. The lowest BCUT2D eigenvalue weighted by Gasteiger charge is -2.26. The van der Waals surface area contributed by atoms with Crippen LogP contribution < -0.4 is 59.5 Å². The van der Waals surface area contributed by atoms with E-state index in [4.69, 9.17) is 0 Å². The maximum atomic E-state index is 2.54. The number of fused-ring (bicyclic) bond motifs is 3. The average Bonchev–Trinajstić information content (AvgIpc) is 3.68. The van der Waals surface area contributed by atoms with Crippen LogP contribution >= 0.6 is 0 Å². The molecule has 1 aromatic heterocycles. The zero-order valence-electron chi connectivity index (χ0n) is 40.1. The van der Waals surface area contributed by atoms with E-state index in [-0.39, 0.29) is 0 Å². The molecular weight excluding hydrogens is 785 g/mol. The summed E-state index contributed by atoms with van der Waals surface area (Å²) in [6.45, 7) is 0. The molecule has 0 bridgehead atoms. The highest BCUT2D eigenvalue weighted by Crippen LogP contribution is 2.41. The largest absolute Gasteiger partial charge is 0.310 e. The molecule has 0 amide bonds. The van der Waals surface area contributed by atoms with Crippen molar-refractivity contribution in [3.05, 3.63) is 170 Å². The van der Waals surface area contributed by atoms with Gasteiger partial charge in [0, 0.05) is 33.4 Å². The van der Waals surface area contributed by atoms with E-state index in [1.54, 1.807) is 0 Å². The second kappa shape index (κ2) is 17.2. The second-order valence-electron chi connectivity index (χ2n) is 18.5. The van der Waals surface area contributed by atoms with Crippen LogP contribution in [0.3, 0.4) is 0 Å². The van der Waals surface area contributed by atoms with Gasteiger partial charge in [-0.05, 0) is 99.6 Å². The van der Waals surface area contributed by atoms with Crippen LogP contribution in [0.5, 0.6) is 0 Å². The molecule has 2 nitrogen and oxygen atoms in total. The number of nitrogens with zero attached hydrogens (tertiary/aromatic N) is 2. The van der Waals surface area contributed by atoms with Gasteiger partial charge in [0.05, 0.1) is 16.7 Å². The summed E-state index contributed by atoms with van der Waals surface area (Å²) in [6, 6.07) is 62.5. The second-order valence-corrected chi connectivity index (χ2v) is 18.5. The van der Waals surface area contributed by atoms with E-state index < -0.39 is 0 Å². The van der Waals surface area contributed by atoms with E-state index in [0.717, 1.165) is 22.6 Å². The van der Waals surface area contributed by atoms with Gasteiger partial charge in [0.1, 0.15) is 78.5 Å². The topological polar surface area (TPSA) is 8.17 Å². The molecule has 0 fully saturated rings. The molecule has 1 heterocycles. The van der Waals surface area contributed by atoms with Gasteiger partial charge in [0.2, 0.25) is 0 Å². The molecule has 12 heteroatoms. The lowest BCUT2D eigenvalue weighted by molar-refractivity contribution is 1.18. The highest BCUT2D eigenvalue weighted by Gasteiger charge is 2.23. The maximum absolute atomic E-state index is 2.54. The first-order valence-corrected chi connectivity index (χ1v) is 23.4. The summed E-state index contributed by atoms with van der Waals surface area (Å²) in [4.78, 5) is 2.37. The molecule has 0 aliphatic heterocycles. The van der Waals surface area contributed by atoms with Crippen molar-refractivity contribution in [3.63, 3.8) is 0 Å². The van der Waals surface area contributed by atoms with Crippen LogP contribution in [0.1, 0.15) is 0 Å². The predicted octanol–water partition coefficient (Wildman–Crippen LogP) is -2.49. The maximum Gasteiger partial charge on any atom is 0.139 e. The summed E-state index contributed by atoms with van der Waals surface area (Å²) in [6.07, 6.45) is 0. The fraction of sp³-hybridized carbons (Fsp3) is 0. The Morgan fingerprint density at radius 3 is 1.33 bits per heavy atom. The number of anilines is 3. The summed E-state index contributed by atoms with van der Waals surface area (Å²) < 4.78 is 2.54. The Hall–Kier alpha value is -6.77. The van der Waals surface area contributed by atoms with E-state index in [1.807, 2.05) is 0 Å². The first-order chi connectivity index (χ1) is 31.9. The average molecular weight is 833 g/mol. The first kappa shape index (κ1) is 43.1. The zero-order valence-corrected chi connectivity index (χ0v) is 40.1. The molecule has 10 aromatic rings. The Bertz CT molecular complexity index is 3490. The number of rotatable bonds is 8. The Morgan fingerprint density at radius 1 is 0.288 bits per heavy atom. The van der Waals surface area contributed by atoms with Crippen molar-refractivity contribution < 1.29 is 0 Å². The van der Waals surface area contributed by atoms with Gasteiger partial charge in [-0.15, -0.1) is 32.8 Å². The molecule has 0 unspecified atom stereocenters. The van der Waals surface area contributed by atoms with Crippen LogP contribution in [-0.2, 0) is 0 Å². The van der Waals surface area contributed by atoms with Crippen LogP contribution in [0.2, 0.25) is 0 Å². The molecule has 0 spiro atoms. The van der Waals surface area contributed by atoms with Crippen molar-refractivity contribution in [1.82, 2.24) is 4.57 Å². The molecule has 0 saturated heterocycles. The minimum Gasteiger partial charge on any atom is -0.310 e. The molecule has 0 radical (unpaired) electrons. The minimum atomic E-state index is 1.10. The molecular formula is C54H48B10N2. The molecule has 9 aromatic carbocycles. The van der Waals surface area contributed by atoms with Crippen LogP contribution in [0.4, 0.5) is 17.1 Å². The van der Waals surface area contributed by atoms with Crippen LogP contribution in [0.15, 0.2) is 170 Å². The van der Waals surface area contributed by atoms with E-state index in [2.05, 4.69) is 258 Å². The SMILES string of the molecule is Bc1c(B)c(B)c(-c2ccc(-n3c4ccccc4c4ccc(-c5cccc(N(c6ccccc6)c6cccc(-c7ccccc7)c6)c5)cc43)c(-c3c(B)c(B)c(B)c(B)c3B)c2)c(B)c1B. The third kappa shape index (κ3) is 7.23. The van der Waals surface area contributed by atoms with Crippen molar-refractivity contribution in [2.24, 2.45) is 0 Å². The lowest BCUT2D eigenvalue weighted by atomic mass is 9.59. The fourth-order valence-electron chi connectivity index (χ4n) is 10.6. The molecule has 0 aliphatic carbocycles. The Morgan fingerprint density at radius 2 is 0.727 bits per heavy atom. The van der Waals surface area contributed by atoms with Gasteiger partial charge >= 0.3 is 0 Å². The molecule has 0 saturated carbocycles. The third-order valence-electron chi connectivity index (χ3n) is 15.1. The van der Waals surface area contributed by atoms with Gasteiger partial charge in [-0.2, -0.15) is 0 Å². The number of hydrogen-bond donors (Lipinski definition) is 0. The van der Waals surface area contributed by atoms with Crippen molar-refractivity contribution in [2.75, 3.05) is 4.90 Å². The summed E-state index contributed by atoms with van der Waals surface area (Å²) in [5.41, 5.74) is 30.5. The van der Waals surface area contributed by atoms with Gasteiger partial charge in [-0.1, -0.05) is 131 Å². The standard InChI is InChI=1S/C54H48B10N2/c55-45-43(46(56)50(60)53(63)49(45)59)33-22-24-41(39(27-33)44-47(57)51(61)54(64)52(62)48(44)58)66-40-20-8-7-19-37(40)38-23-21-32(28-42(38)66)31-14-10-18-36(26-31)65(34-15-5-2-6-16-34)35-17-9-13-30(25-35)29-11-3-1-4-12-29/h1-28H,55-64H2. The first-order valence-electron chi connectivity index (χ1n) is 23.4. The number of para-hydroxylation sites is 2. The number of benzene rings is 9. The predicted molar refractivity (Wildman–Crippen MR) is 319 cm³/mol. The summed E-state index contributed by atoms with van der Waals surface area (Å²) in [7, 11) is 23.0. The van der Waals surface area contributed by atoms with Crippen LogP contribution in [0, 0.1) is 0 Å². The molecule has 304 valence electrons. The van der Waals surface area contributed by atoms with E-state index >= 15 is 0 Å². The van der Waals surface area contributed by atoms with Crippen LogP contribution in [-0.4, -0.2) is 83.0 Å². The third-order valence-corrected chi connectivity index (χ3v) is 15.1. The Balaban J connectivity index is 1.19. The minimum absolute atomic E-state index is 1.10. The van der Waals surface area contributed by atoms with E-state index in [1.165, 1.54) is 121 Å². The number of hydrogen-bond acceptors (Lipinski definition) is 1.